The number of nitrogens with one attached hydrogen (secondary N) is 1. The van der Waals surface area contributed by atoms with Gasteiger partial charge < -0.3 is 19.7 Å². The van der Waals surface area contributed by atoms with Gasteiger partial charge in [-0.3, -0.25) is 9.59 Å². The smallest absolute Gasteiger partial charge is 0.255 e. The van der Waals surface area contributed by atoms with Crippen molar-refractivity contribution in [1.82, 2.24) is 9.88 Å². The molecule has 6 nitrogen and oxygen atoms in total. The molecule has 0 atom stereocenters. The van der Waals surface area contributed by atoms with E-state index in [9.17, 15) is 14.7 Å². The van der Waals surface area contributed by atoms with Crippen molar-refractivity contribution < 1.29 is 14.6 Å². The number of aromatic nitrogens is 1. The monoisotopic (exact) mass is 364 g/mol. The molecule has 1 heterocycles. The predicted molar refractivity (Wildman–Crippen MR) is 102 cm³/mol. The van der Waals surface area contributed by atoms with Gasteiger partial charge in [-0.1, -0.05) is 30.3 Å². The van der Waals surface area contributed by atoms with Gasteiger partial charge in [0.2, 0.25) is 0 Å². The van der Waals surface area contributed by atoms with E-state index < -0.39 is 0 Å². The minimum absolute atomic E-state index is 0.0480. The summed E-state index contributed by atoms with van der Waals surface area (Å²) in [5.41, 5.74) is 2.05. The van der Waals surface area contributed by atoms with Crippen LogP contribution in [0.2, 0.25) is 0 Å². The van der Waals surface area contributed by atoms with Crippen LogP contribution in [0.15, 0.2) is 71.7 Å². The summed E-state index contributed by atoms with van der Waals surface area (Å²) in [4.78, 5) is 24.0. The minimum atomic E-state index is -0.366. The summed E-state index contributed by atoms with van der Waals surface area (Å²) in [6.45, 7) is 0.821. The maximum atomic E-state index is 12.2. The van der Waals surface area contributed by atoms with E-state index in [2.05, 4.69) is 5.32 Å². The van der Waals surface area contributed by atoms with E-state index in [1.807, 2.05) is 30.3 Å². The first-order chi connectivity index (χ1) is 13.1. The molecular formula is C21H20N2O4. The Morgan fingerprint density at radius 2 is 1.81 bits per heavy atom. The minimum Gasteiger partial charge on any atom is -0.507 e. The van der Waals surface area contributed by atoms with Gasteiger partial charge in [-0.25, -0.2) is 0 Å². The van der Waals surface area contributed by atoms with E-state index >= 15 is 0 Å². The van der Waals surface area contributed by atoms with E-state index in [-0.39, 0.29) is 22.8 Å². The molecule has 3 aromatic rings. The van der Waals surface area contributed by atoms with Crippen LogP contribution < -0.4 is 15.6 Å². The maximum absolute atomic E-state index is 12.2. The third-order valence-electron chi connectivity index (χ3n) is 4.18. The van der Waals surface area contributed by atoms with Crippen LogP contribution in [0.5, 0.6) is 11.5 Å². The fraction of sp³-hybridized carbons (Fsp3) is 0.143. The number of nitrogens with zero attached hydrogens (tertiary/aromatic N) is 1. The fourth-order valence-corrected chi connectivity index (χ4v) is 2.66. The number of hydrogen-bond acceptors (Lipinski definition) is 4. The van der Waals surface area contributed by atoms with Crippen LogP contribution in [0.25, 0.3) is 0 Å². The molecule has 1 aromatic heterocycles. The Morgan fingerprint density at radius 1 is 1.07 bits per heavy atom. The Balaban J connectivity index is 1.61. The molecule has 0 unspecified atom stereocenters. The summed E-state index contributed by atoms with van der Waals surface area (Å²) in [5, 5.41) is 12.7. The second kappa shape index (κ2) is 8.23. The zero-order valence-corrected chi connectivity index (χ0v) is 14.9. The number of methoxy groups -OCH3 is 1. The van der Waals surface area contributed by atoms with Gasteiger partial charge in [-0.15, -0.1) is 0 Å². The average molecular weight is 364 g/mol. The van der Waals surface area contributed by atoms with Crippen molar-refractivity contribution >= 4 is 5.91 Å². The van der Waals surface area contributed by atoms with Gasteiger partial charge in [0.15, 0.2) is 0 Å². The molecule has 27 heavy (non-hydrogen) atoms. The van der Waals surface area contributed by atoms with Gasteiger partial charge in [-0.2, -0.15) is 0 Å². The first kappa shape index (κ1) is 18.3. The summed E-state index contributed by atoms with van der Waals surface area (Å²) in [6, 6.07) is 17.2. The topological polar surface area (TPSA) is 80.6 Å². The van der Waals surface area contributed by atoms with Crippen molar-refractivity contribution in [2.45, 2.75) is 13.1 Å². The van der Waals surface area contributed by atoms with Crippen LogP contribution in [0.3, 0.4) is 0 Å². The lowest BCUT2D eigenvalue weighted by atomic mass is 10.1. The number of ether oxygens (including phenoxy) is 1. The Bertz CT molecular complexity index is 994. The molecule has 0 spiro atoms. The van der Waals surface area contributed by atoms with Crippen LogP contribution in [0.4, 0.5) is 0 Å². The first-order valence-electron chi connectivity index (χ1n) is 8.45. The number of hydrogen-bond donors (Lipinski definition) is 2. The number of phenolic OH excluding ortho intramolecular Hbond substituents is 1. The second-order valence-electron chi connectivity index (χ2n) is 6.05. The van der Waals surface area contributed by atoms with Crippen LogP contribution in [-0.2, 0) is 13.1 Å². The Labute approximate surface area is 156 Å². The SMILES string of the molecule is COc1ccc(C(=O)NCc2ccc(Cn3ccccc3=O)cc2)c(O)c1. The van der Waals surface area contributed by atoms with Crippen molar-refractivity contribution in [1.29, 1.82) is 0 Å². The number of aromatic hydroxyl groups is 1. The van der Waals surface area contributed by atoms with Gasteiger partial charge >= 0.3 is 0 Å². The van der Waals surface area contributed by atoms with E-state index in [0.717, 1.165) is 11.1 Å². The molecule has 0 saturated carbocycles. The molecule has 1 amide bonds. The van der Waals surface area contributed by atoms with Crippen molar-refractivity contribution in [3.05, 3.63) is 93.9 Å². The largest absolute Gasteiger partial charge is 0.507 e. The maximum Gasteiger partial charge on any atom is 0.255 e. The molecular weight excluding hydrogens is 344 g/mol. The molecule has 0 fully saturated rings. The van der Waals surface area contributed by atoms with Crippen molar-refractivity contribution in [2.24, 2.45) is 0 Å². The van der Waals surface area contributed by atoms with Gasteiger partial charge in [0.1, 0.15) is 11.5 Å². The number of rotatable bonds is 6. The van der Waals surface area contributed by atoms with Crippen molar-refractivity contribution in [3.8, 4) is 11.5 Å². The summed E-state index contributed by atoms with van der Waals surface area (Å²) in [6.07, 6.45) is 1.75. The predicted octanol–water partition coefficient (Wildman–Crippen LogP) is 2.54. The third kappa shape index (κ3) is 4.55. The lowest BCUT2D eigenvalue weighted by Gasteiger charge is -2.09. The second-order valence-corrected chi connectivity index (χ2v) is 6.05. The van der Waals surface area contributed by atoms with Gasteiger partial charge in [0, 0.05) is 24.9 Å². The average Bonchev–Trinajstić information content (AvgIpc) is 2.69. The molecule has 2 N–H and O–H groups in total. The number of pyridine rings is 1. The highest BCUT2D eigenvalue weighted by Gasteiger charge is 2.11. The van der Waals surface area contributed by atoms with E-state index in [1.54, 1.807) is 22.9 Å². The van der Waals surface area contributed by atoms with Gasteiger partial charge in [-0.05, 0) is 29.3 Å². The van der Waals surface area contributed by atoms with E-state index in [1.165, 1.54) is 25.3 Å². The highest BCUT2D eigenvalue weighted by molar-refractivity contribution is 5.96. The molecule has 0 saturated heterocycles. The highest BCUT2D eigenvalue weighted by Crippen LogP contribution is 2.23. The molecule has 0 aliphatic rings. The number of carbonyl (C=O) groups excluding carboxylic acids is 1. The number of benzene rings is 2. The molecule has 2 aromatic carbocycles. The van der Waals surface area contributed by atoms with Crippen LogP contribution >= 0.6 is 0 Å². The van der Waals surface area contributed by atoms with E-state index in [4.69, 9.17) is 4.74 Å². The summed E-state index contributed by atoms with van der Waals surface area (Å²) in [5.74, 6) is -0.0114. The molecule has 3 rings (SSSR count). The number of carbonyl (C=O) groups is 1. The van der Waals surface area contributed by atoms with Gasteiger partial charge in [0.25, 0.3) is 11.5 Å². The highest BCUT2D eigenvalue weighted by atomic mass is 16.5. The first-order valence-corrected chi connectivity index (χ1v) is 8.45. The lowest BCUT2D eigenvalue weighted by Crippen LogP contribution is -2.23. The summed E-state index contributed by atoms with van der Waals surface area (Å²) in [7, 11) is 1.49. The number of phenols is 1. The Hall–Kier alpha value is -3.54. The molecule has 138 valence electrons. The lowest BCUT2D eigenvalue weighted by molar-refractivity contribution is 0.0948. The van der Waals surface area contributed by atoms with Crippen molar-refractivity contribution in [2.75, 3.05) is 7.11 Å². The number of amides is 1. The van der Waals surface area contributed by atoms with Crippen LogP contribution in [0.1, 0.15) is 21.5 Å². The van der Waals surface area contributed by atoms with Crippen LogP contribution in [-0.4, -0.2) is 22.7 Å². The Kier molecular flexibility index (Phi) is 5.56. The molecule has 0 aliphatic heterocycles. The normalized spacial score (nSPS) is 10.4. The standard InChI is InChI=1S/C21H20N2O4/c1-27-17-9-10-18(19(24)12-17)21(26)22-13-15-5-7-16(8-6-15)14-23-11-3-2-4-20(23)25/h2-12,24H,13-14H2,1H3,(H,22,26). The zero-order valence-electron chi connectivity index (χ0n) is 14.9. The molecule has 6 heteroatoms. The van der Waals surface area contributed by atoms with Crippen LogP contribution in [0, 0.1) is 0 Å². The van der Waals surface area contributed by atoms with E-state index in [0.29, 0.717) is 18.8 Å². The quantitative estimate of drug-likeness (QED) is 0.704. The molecule has 0 radical (unpaired) electrons. The fourth-order valence-electron chi connectivity index (χ4n) is 2.66. The zero-order chi connectivity index (χ0) is 19.2. The molecule has 0 bridgehead atoms. The summed E-state index contributed by atoms with van der Waals surface area (Å²) < 4.78 is 6.64. The third-order valence-corrected chi connectivity index (χ3v) is 4.18. The summed E-state index contributed by atoms with van der Waals surface area (Å²) >= 11 is 0. The molecule has 0 aliphatic carbocycles. The van der Waals surface area contributed by atoms with Gasteiger partial charge in [0.05, 0.1) is 19.2 Å². The Morgan fingerprint density at radius 3 is 2.48 bits per heavy atom. The van der Waals surface area contributed by atoms with Crippen molar-refractivity contribution in [3.63, 3.8) is 0 Å².